The van der Waals surface area contributed by atoms with E-state index in [1.807, 2.05) is 16.8 Å². The van der Waals surface area contributed by atoms with Gasteiger partial charge in [0.15, 0.2) is 4.77 Å². The second-order valence-electron chi connectivity index (χ2n) is 4.12. The average Bonchev–Trinajstić information content (AvgIpc) is 2.75. The number of aromatic nitrogens is 2. The lowest BCUT2D eigenvalue weighted by Crippen LogP contribution is -2.43. The number of H-pyrrole nitrogens is 1. The molecule has 1 aliphatic heterocycles. The van der Waals surface area contributed by atoms with Crippen LogP contribution in [0.3, 0.4) is 0 Å². The standard InChI is InChI=1S/C12H12N4OS/c13-8-9-2-1-3-10-11(9)14-12(18)16(10)15-4-6-17-7-5-15/h1-3H,4-7H2,(H,14,18). The van der Waals surface area contributed by atoms with Gasteiger partial charge in [-0.2, -0.15) is 5.26 Å². The third kappa shape index (κ3) is 1.68. The van der Waals surface area contributed by atoms with Gasteiger partial charge >= 0.3 is 0 Å². The zero-order valence-corrected chi connectivity index (χ0v) is 10.5. The van der Waals surface area contributed by atoms with Crippen molar-refractivity contribution < 1.29 is 4.74 Å². The van der Waals surface area contributed by atoms with Gasteiger partial charge in [0.2, 0.25) is 0 Å². The van der Waals surface area contributed by atoms with Crippen LogP contribution >= 0.6 is 12.2 Å². The molecule has 1 aromatic heterocycles. The number of imidazole rings is 1. The highest BCUT2D eigenvalue weighted by atomic mass is 32.1. The van der Waals surface area contributed by atoms with E-state index < -0.39 is 0 Å². The van der Waals surface area contributed by atoms with Crippen LogP contribution in [0.1, 0.15) is 5.56 Å². The Morgan fingerprint density at radius 1 is 1.33 bits per heavy atom. The van der Waals surface area contributed by atoms with Crippen molar-refractivity contribution in [2.24, 2.45) is 0 Å². The van der Waals surface area contributed by atoms with E-state index in [9.17, 15) is 0 Å². The maximum absolute atomic E-state index is 9.10. The van der Waals surface area contributed by atoms with Gasteiger partial charge in [0.1, 0.15) is 6.07 Å². The topological polar surface area (TPSA) is 57.0 Å². The SMILES string of the molecule is N#Cc1cccc2c1[nH]c(=S)n2N1CCOCC1. The van der Waals surface area contributed by atoms with Crippen molar-refractivity contribution in [1.29, 1.82) is 5.26 Å². The first-order valence-electron chi connectivity index (χ1n) is 5.78. The molecule has 0 spiro atoms. The number of fused-ring (bicyclic) bond motifs is 1. The monoisotopic (exact) mass is 260 g/mol. The summed E-state index contributed by atoms with van der Waals surface area (Å²) in [4.78, 5) is 3.12. The number of nitriles is 1. The molecule has 5 nitrogen and oxygen atoms in total. The van der Waals surface area contributed by atoms with E-state index in [0.29, 0.717) is 23.5 Å². The number of nitrogens with one attached hydrogen (secondary N) is 1. The number of benzene rings is 1. The lowest BCUT2D eigenvalue weighted by molar-refractivity contribution is 0.111. The zero-order valence-electron chi connectivity index (χ0n) is 9.72. The van der Waals surface area contributed by atoms with E-state index in [4.69, 9.17) is 22.2 Å². The summed E-state index contributed by atoms with van der Waals surface area (Å²) >= 11 is 5.36. The number of hydrogen-bond acceptors (Lipinski definition) is 4. The summed E-state index contributed by atoms with van der Waals surface area (Å²) in [7, 11) is 0. The second kappa shape index (κ2) is 4.44. The zero-order chi connectivity index (χ0) is 12.5. The minimum absolute atomic E-state index is 0.616. The summed E-state index contributed by atoms with van der Waals surface area (Å²) in [6.45, 7) is 3.01. The Balaban J connectivity index is 2.20. The molecular formula is C12H12N4OS. The number of morpholine rings is 1. The van der Waals surface area contributed by atoms with E-state index in [2.05, 4.69) is 16.1 Å². The van der Waals surface area contributed by atoms with E-state index in [0.717, 1.165) is 24.1 Å². The molecule has 1 fully saturated rings. The van der Waals surface area contributed by atoms with Crippen molar-refractivity contribution in [2.45, 2.75) is 0 Å². The van der Waals surface area contributed by atoms with Crippen LogP contribution in [0.25, 0.3) is 11.0 Å². The smallest absolute Gasteiger partial charge is 0.197 e. The molecule has 0 amide bonds. The molecule has 92 valence electrons. The molecular weight excluding hydrogens is 248 g/mol. The summed E-state index contributed by atoms with van der Waals surface area (Å²) in [6, 6.07) is 7.81. The Hall–Kier alpha value is -1.84. The highest BCUT2D eigenvalue weighted by molar-refractivity contribution is 7.71. The first kappa shape index (κ1) is 11.3. The minimum Gasteiger partial charge on any atom is -0.378 e. The van der Waals surface area contributed by atoms with Crippen molar-refractivity contribution in [1.82, 2.24) is 9.66 Å². The van der Waals surface area contributed by atoms with Crippen molar-refractivity contribution in [3.05, 3.63) is 28.5 Å². The molecule has 0 atom stereocenters. The summed E-state index contributed by atoms with van der Waals surface area (Å²) in [6.07, 6.45) is 0. The molecule has 0 bridgehead atoms. The van der Waals surface area contributed by atoms with E-state index in [-0.39, 0.29) is 0 Å². The normalized spacial score (nSPS) is 15.8. The predicted molar refractivity (Wildman–Crippen MR) is 70.6 cm³/mol. The van der Waals surface area contributed by atoms with Crippen LogP contribution < -0.4 is 5.01 Å². The molecule has 18 heavy (non-hydrogen) atoms. The predicted octanol–water partition coefficient (Wildman–Crippen LogP) is 1.54. The molecule has 6 heteroatoms. The number of rotatable bonds is 1. The van der Waals surface area contributed by atoms with Gasteiger partial charge in [0.25, 0.3) is 0 Å². The molecule has 2 heterocycles. The highest BCUT2D eigenvalue weighted by Gasteiger charge is 2.16. The fourth-order valence-corrected chi connectivity index (χ4v) is 2.56. The number of ether oxygens (including phenoxy) is 1. The van der Waals surface area contributed by atoms with Crippen LogP contribution in [-0.2, 0) is 4.74 Å². The van der Waals surface area contributed by atoms with Crippen molar-refractivity contribution in [2.75, 3.05) is 31.3 Å². The molecule has 1 N–H and O–H groups in total. The first-order chi connectivity index (χ1) is 8.81. The van der Waals surface area contributed by atoms with E-state index >= 15 is 0 Å². The molecule has 1 aromatic carbocycles. The Bertz CT molecular complexity index is 675. The highest BCUT2D eigenvalue weighted by Crippen LogP contribution is 2.18. The molecule has 2 aromatic rings. The third-order valence-corrected chi connectivity index (χ3v) is 3.36. The molecule has 0 unspecified atom stereocenters. The molecule has 1 saturated heterocycles. The van der Waals surface area contributed by atoms with Crippen LogP contribution in [0.2, 0.25) is 0 Å². The lowest BCUT2D eigenvalue weighted by atomic mass is 10.2. The Morgan fingerprint density at radius 2 is 2.11 bits per heavy atom. The Labute approximate surface area is 109 Å². The molecule has 3 rings (SSSR count). The number of hydrogen-bond donors (Lipinski definition) is 1. The van der Waals surface area contributed by atoms with Gasteiger partial charge in [-0.05, 0) is 24.4 Å². The Morgan fingerprint density at radius 3 is 2.83 bits per heavy atom. The quantitative estimate of drug-likeness (QED) is 0.790. The molecule has 0 aliphatic carbocycles. The average molecular weight is 260 g/mol. The van der Waals surface area contributed by atoms with Crippen LogP contribution in [0, 0.1) is 16.1 Å². The van der Waals surface area contributed by atoms with Gasteiger partial charge in [-0.25, -0.2) is 4.68 Å². The minimum atomic E-state index is 0.616. The first-order valence-corrected chi connectivity index (χ1v) is 6.19. The van der Waals surface area contributed by atoms with Crippen molar-refractivity contribution in [3.8, 4) is 6.07 Å². The van der Waals surface area contributed by atoms with Gasteiger partial charge in [0, 0.05) is 0 Å². The number of para-hydroxylation sites is 1. The van der Waals surface area contributed by atoms with Crippen molar-refractivity contribution in [3.63, 3.8) is 0 Å². The summed E-state index contributed by atoms with van der Waals surface area (Å²) in [5, 5.41) is 11.2. The number of aromatic amines is 1. The van der Waals surface area contributed by atoms with Gasteiger partial charge in [-0.3, -0.25) is 0 Å². The summed E-state index contributed by atoms with van der Waals surface area (Å²) in [5.41, 5.74) is 2.36. The maximum Gasteiger partial charge on any atom is 0.197 e. The van der Waals surface area contributed by atoms with Gasteiger partial charge in [-0.15, -0.1) is 0 Å². The van der Waals surface area contributed by atoms with Gasteiger partial charge in [-0.1, -0.05) is 6.07 Å². The molecule has 1 aliphatic rings. The second-order valence-corrected chi connectivity index (χ2v) is 4.51. The maximum atomic E-state index is 9.10. The van der Waals surface area contributed by atoms with Crippen LogP contribution in [0.4, 0.5) is 0 Å². The fraction of sp³-hybridized carbons (Fsp3) is 0.333. The summed E-state index contributed by atoms with van der Waals surface area (Å²) in [5.74, 6) is 0. The third-order valence-electron chi connectivity index (χ3n) is 3.09. The fourth-order valence-electron chi connectivity index (χ4n) is 2.24. The van der Waals surface area contributed by atoms with Gasteiger partial charge < -0.3 is 14.7 Å². The molecule has 0 radical (unpaired) electrons. The van der Waals surface area contributed by atoms with E-state index in [1.54, 1.807) is 6.07 Å². The van der Waals surface area contributed by atoms with Crippen LogP contribution in [0.15, 0.2) is 18.2 Å². The summed E-state index contributed by atoms with van der Waals surface area (Å²) < 4.78 is 7.93. The largest absolute Gasteiger partial charge is 0.378 e. The lowest BCUT2D eigenvalue weighted by Gasteiger charge is -2.29. The number of nitrogens with zero attached hydrogens (tertiary/aromatic N) is 3. The Kier molecular flexibility index (Phi) is 2.78. The van der Waals surface area contributed by atoms with Crippen LogP contribution in [0.5, 0.6) is 0 Å². The van der Waals surface area contributed by atoms with E-state index in [1.165, 1.54) is 0 Å². The van der Waals surface area contributed by atoms with Crippen LogP contribution in [-0.4, -0.2) is 36.0 Å². The van der Waals surface area contributed by atoms with Gasteiger partial charge in [0.05, 0.1) is 42.9 Å². The van der Waals surface area contributed by atoms with Crippen molar-refractivity contribution >= 4 is 23.3 Å². The molecule has 0 saturated carbocycles.